The smallest absolute Gasteiger partial charge is 0.232 e. The molecule has 1 aliphatic rings. The van der Waals surface area contributed by atoms with E-state index in [2.05, 4.69) is 0 Å². The first-order valence-corrected chi connectivity index (χ1v) is 4.66. The third-order valence-corrected chi connectivity index (χ3v) is 2.49. The van der Waals surface area contributed by atoms with Gasteiger partial charge in [-0.15, -0.1) is 0 Å². The van der Waals surface area contributed by atoms with Crippen molar-refractivity contribution in [3.8, 4) is 11.5 Å². The number of anilines is 1. The van der Waals surface area contributed by atoms with E-state index >= 15 is 0 Å². The van der Waals surface area contributed by atoms with Crippen LogP contribution in [0.4, 0.5) is 5.69 Å². The van der Waals surface area contributed by atoms with Crippen molar-refractivity contribution in [1.29, 1.82) is 0 Å². The number of aromatic hydroxyl groups is 2. The van der Waals surface area contributed by atoms with Crippen LogP contribution in [0.1, 0.15) is 20.7 Å². The van der Waals surface area contributed by atoms with Crippen LogP contribution in [0.15, 0.2) is 17.9 Å². The minimum absolute atomic E-state index is 0.170. The van der Waals surface area contributed by atoms with E-state index in [0.717, 1.165) is 12.1 Å². The molecular formula is C11H9NO5. The van der Waals surface area contributed by atoms with Crippen molar-refractivity contribution >= 4 is 17.3 Å². The zero-order valence-electron chi connectivity index (χ0n) is 8.85. The Balaban J connectivity index is 2.80. The topological polar surface area (TPSA) is 110 Å². The van der Waals surface area contributed by atoms with Crippen molar-refractivity contribution in [3.63, 3.8) is 0 Å². The number of carbonyl (C=O) groups excluding carboxylic acids is 2. The number of hydrogen-bond donors (Lipinski definition) is 3. The van der Waals surface area contributed by atoms with Crippen molar-refractivity contribution in [2.75, 3.05) is 12.8 Å². The minimum Gasteiger partial charge on any atom is -0.507 e. The number of ether oxygens (including phenoxy) is 1. The lowest BCUT2D eigenvalue weighted by molar-refractivity contribution is 0.0912. The summed E-state index contributed by atoms with van der Waals surface area (Å²) in [5.41, 5.74) is 4.64. The van der Waals surface area contributed by atoms with Crippen LogP contribution < -0.4 is 5.73 Å². The van der Waals surface area contributed by atoms with E-state index in [1.807, 2.05) is 0 Å². The van der Waals surface area contributed by atoms with Crippen molar-refractivity contribution in [2.45, 2.75) is 0 Å². The molecule has 0 amide bonds. The first kappa shape index (κ1) is 11.0. The Hall–Kier alpha value is -2.50. The number of nitrogens with two attached hydrogens (primary N) is 1. The molecule has 0 spiro atoms. The number of phenols is 2. The van der Waals surface area contributed by atoms with Gasteiger partial charge in [-0.2, -0.15) is 0 Å². The fourth-order valence-corrected chi connectivity index (χ4v) is 1.68. The summed E-state index contributed by atoms with van der Waals surface area (Å²) in [5, 5.41) is 19.3. The molecule has 0 bridgehead atoms. The number of rotatable bonds is 1. The molecule has 0 heterocycles. The summed E-state index contributed by atoms with van der Waals surface area (Å²) >= 11 is 0. The fourth-order valence-electron chi connectivity index (χ4n) is 1.68. The van der Waals surface area contributed by atoms with Gasteiger partial charge < -0.3 is 20.7 Å². The summed E-state index contributed by atoms with van der Waals surface area (Å²) in [5.74, 6) is -2.48. The Morgan fingerprint density at radius 1 is 1.24 bits per heavy atom. The van der Waals surface area contributed by atoms with Crippen LogP contribution in [-0.2, 0) is 4.74 Å². The first-order valence-electron chi connectivity index (χ1n) is 4.66. The van der Waals surface area contributed by atoms with Gasteiger partial charge >= 0.3 is 0 Å². The number of Topliss-reactive ketones (excluding diaryl/α,β-unsaturated/α-hetero) is 1. The standard InChI is InChI=1S/C11H9NO5/c1-17-7-3-6(14)8-9(11(7)16)5(13)2-4(12)10(8)15/h2-3,13,15H,12H2,1H3. The van der Waals surface area contributed by atoms with E-state index in [9.17, 15) is 19.8 Å². The van der Waals surface area contributed by atoms with E-state index in [0.29, 0.717) is 0 Å². The zero-order chi connectivity index (χ0) is 12.7. The van der Waals surface area contributed by atoms with Gasteiger partial charge in [0.2, 0.25) is 5.78 Å². The Morgan fingerprint density at radius 2 is 1.88 bits per heavy atom. The zero-order valence-corrected chi connectivity index (χ0v) is 8.85. The Labute approximate surface area is 95.9 Å². The van der Waals surface area contributed by atoms with Crippen molar-refractivity contribution in [2.24, 2.45) is 0 Å². The molecule has 1 aromatic rings. The molecule has 0 atom stereocenters. The van der Waals surface area contributed by atoms with Gasteiger partial charge in [-0.1, -0.05) is 0 Å². The van der Waals surface area contributed by atoms with Gasteiger partial charge in [0.05, 0.1) is 23.9 Å². The summed E-state index contributed by atoms with van der Waals surface area (Å²) in [4.78, 5) is 23.5. The maximum Gasteiger partial charge on any atom is 0.232 e. The molecule has 0 unspecified atom stereocenters. The van der Waals surface area contributed by atoms with E-state index in [-0.39, 0.29) is 22.6 Å². The molecule has 17 heavy (non-hydrogen) atoms. The summed E-state index contributed by atoms with van der Waals surface area (Å²) < 4.78 is 4.72. The molecule has 0 saturated heterocycles. The van der Waals surface area contributed by atoms with Gasteiger partial charge in [0.25, 0.3) is 0 Å². The number of benzene rings is 1. The summed E-state index contributed by atoms with van der Waals surface area (Å²) in [7, 11) is 1.23. The molecular weight excluding hydrogens is 226 g/mol. The molecule has 0 aliphatic heterocycles. The predicted molar refractivity (Wildman–Crippen MR) is 57.9 cm³/mol. The SMILES string of the molecule is COC1=CC(=O)c2c(O)c(N)cc(O)c2C1=O. The number of carbonyl (C=O) groups is 2. The quantitative estimate of drug-likeness (QED) is 0.373. The van der Waals surface area contributed by atoms with Crippen molar-refractivity contribution < 1.29 is 24.5 Å². The number of nitrogen functional groups attached to an aromatic ring is 1. The van der Waals surface area contributed by atoms with Gasteiger partial charge in [-0.25, -0.2) is 0 Å². The van der Waals surface area contributed by atoms with Crippen LogP contribution >= 0.6 is 0 Å². The molecule has 0 saturated carbocycles. The highest BCUT2D eigenvalue weighted by molar-refractivity contribution is 6.26. The third-order valence-electron chi connectivity index (χ3n) is 2.49. The van der Waals surface area contributed by atoms with Crippen LogP contribution in [0.3, 0.4) is 0 Å². The van der Waals surface area contributed by atoms with Crippen LogP contribution in [0.2, 0.25) is 0 Å². The van der Waals surface area contributed by atoms with Crippen molar-refractivity contribution in [1.82, 2.24) is 0 Å². The highest BCUT2D eigenvalue weighted by atomic mass is 16.5. The second-order valence-electron chi connectivity index (χ2n) is 3.49. The lowest BCUT2D eigenvalue weighted by Gasteiger charge is -2.17. The van der Waals surface area contributed by atoms with Gasteiger partial charge in [-0.05, 0) is 0 Å². The molecule has 88 valence electrons. The molecule has 1 aliphatic carbocycles. The van der Waals surface area contributed by atoms with Gasteiger partial charge in [0.15, 0.2) is 17.3 Å². The second kappa shape index (κ2) is 3.51. The van der Waals surface area contributed by atoms with E-state index in [1.165, 1.54) is 7.11 Å². The van der Waals surface area contributed by atoms with Crippen LogP contribution in [0.5, 0.6) is 11.5 Å². The molecule has 2 rings (SSSR count). The molecule has 0 radical (unpaired) electrons. The highest BCUT2D eigenvalue weighted by Gasteiger charge is 2.32. The molecule has 1 aromatic carbocycles. The molecule has 6 heteroatoms. The number of ketones is 2. The summed E-state index contributed by atoms with van der Waals surface area (Å²) in [6, 6.07) is 1.01. The summed E-state index contributed by atoms with van der Waals surface area (Å²) in [6.45, 7) is 0. The Kier molecular flexibility index (Phi) is 2.27. The predicted octanol–water partition coefficient (Wildman–Crippen LogP) is 0.589. The Bertz CT molecular complexity index is 574. The number of fused-ring (bicyclic) bond motifs is 1. The van der Waals surface area contributed by atoms with Crippen molar-refractivity contribution in [3.05, 3.63) is 29.0 Å². The number of hydrogen-bond acceptors (Lipinski definition) is 6. The van der Waals surface area contributed by atoms with E-state index in [1.54, 1.807) is 0 Å². The fraction of sp³-hybridized carbons (Fsp3) is 0.0909. The maximum absolute atomic E-state index is 11.8. The normalized spacial score (nSPS) is 14.3. The van der Waals surface area contributed by atoms with Crippen LogP contribution in [-0.4, -0.2) is 28.9 Å². The summed E-state index contributed by atoms with van der Waals surface area (Å²) in [6.07, 6.45) is 0.948. The lowest BCUT2D eigenvalue weighted by atomic mass is 9.91. The number of allylic oxidation sites excluding steroid dienone is 2. The largest absolute Gasteiger partial charge is 0.507 e. The third kappa shape index (κ3) is 1.42. The molecule has 0 aromatic heterocycles. The van der Waals surface area contributed by atoms with Gasteiger partial charge in [0, 0.05) is 12.1 Å². The molecule has 6 nitrogen and oxygen atoms in total. The Morgan fingerprint density at radius 3 is 2.47 bits per heavy atom. The van der Waals surface area contributed by atoms with Crippen LogP contribution in [0, 0.1) is 0 Å². The highest BCUT2D eigenvalue weighted by Crippen LogP contribution is 2.38. The second-order valence-corrected chi connectivity index (χ2v) is 3.49. The number of methoxy groups -OCH3 is 1. The monoisotopic (exact) mass is 235 g/mol. The number of phenolic OH excluding ortho intramolecular Hbond substituents is 2. The van der Waals surface area contributed by atoms with Gasteiger partial charge in [-0.3, -0.25) is 9.59 Å². The molecule has 4 N–H and O–H groups in total. The average Bonchev–Trinajstić information content (AvgIpc) is 2.28. The maximum atomic E-state index is 11.8. The van der Waals surface area contributed by atoms with Gasteiger partial charge in [0.1, 0.15) is 5.75 Å². The first-order chi connectivity index (χ1) is 7.97. The van der Waals surface area contributed by atoms with E-state index in [4.69, 9.17) is 10.5 Å². The lowest BCUT2D eigenvalue weighted by Crippen LogP contribution is -2.18. The van der Waals surface area contributed by atoms with E-state index < -0.39 is 23.1 Å². The average molecular weight is 235 g/mol. The van der Waals surface area contributed by atoms with Crippen LogP contribution in [0.25, 0.3) is 0 Å². The minimum atomic E-state index is -0.671. The molecule has 0 fully saturated rings.